The summed E-state index contributed by atoms with van der Waals surface area (Å²) in [4.78, 5) is 11.2. The SMILES string of the molecule is CC(O)(COc1c(Cl)cccc1C(=O)O)c1ccccc1. The maximum atomic E-state index is 11.2. The molecule has 0 bridgehead atoms. The molecule has 4 nitrogen and oxygen atoms in total. The number of carboxylic acids is 1. The minimum atomic E-state index is -1.25. The first kappa shape index (κ1) is 15.4. The van der Waals surface area contributed by atoms with E-state index in [9.17, 15) is 9.90 Å². The summed E-state index contributed by atoms with van der Waals surface area (Å²) in [5.41, 5.74) is -0.615. The molecule has 0 saturated heterocycles. The lowest BCUT2D eigenvalue weighted by Gasteiger charge is -2.24. The molecule has 2 aromatic rings. The first-order chi connectivity index (χ1) is 9.92. The summed E-state index contributed by atoms with van der Waals surface area (Å²) in [5, 5.41) is 19.8. The van der Waals surface area contributed by atoms with E-state index in [1.807, 2.05) is 18.2 Å². The van der Waals surface area contributed by atoms with E-state index in [2.05, 4.69) is 0 Å². The van der Waals surface area contributed by atoms with Gasteiger partial charge in [-0.1, -0.05) is 48.0 Å². The zero-order valence-corrected chi connectivity index (χ0v) is 12.2. The van der Waals surface area contributed by atoms with Gasteiger partial charge in [0.15, 0.2) is 5.75 Å². The van der Waals surface area contributed by atoms with Gasteiger partial charge in [-0.2, -0.15) is 0 Å². The van der Waals surface area contributed by atoms with Gasteiger partial charge < -0.3 is 14.9 Å². The molecule has 0 aliphatic rings. The standard InChI is InChI=1S/C16H15ClO4/c1-16(20,11-6-3-2-4-7-11)10-21-14-12(15(18)19)8-5-9-13(14)17/h2-9,20H,10H2,1H3,(H,18,19). The normalized spacial score (nSPS) is 13.5. The number of aromatic carboxylic acids is 1. The van der Waals surface area contributed by atoms with Crippen molar-refractivity contribution in [3.63, 3.8) is 0 Å². The molecule has 5 heteroatoms. The molecule has 2 N–H and O–H groups in total. The fraction of sp³-hybridized carbons (Fsp3) is 0.188. The highest BCUT2D eigenvalue weighted by Crippen LogP contribution is 2.31. The van der Waals surface area contributed by atoms with Crippen LogP contribution < -0.4 is 4.74 Å². The number of hydrogen-bond donors (Lipinski definition) is 2. The predicted octanol–water partition coefficient (Wildman–Crippen LogP) is 3.32. The number of hydrogen-bond acceptors (Lipinski definition) is 3. The Morgan fingerprint density at radius 1 is 1.19 bits per heavy atom. The summed E-state index contributed by atoms with van der Waals surface area (Å²) in [7, 11) is 0. The van der Waals surface area contributed by atoms with Crippen LogP contribution in [-0.4, -0.2) is 22.8 Å². The molecule has 0 aliphatic carbocycles. The second-order valence-electron chi connectivity index (χ2n) is 4.85. The smallest absolute Gasteiger partial charge is 0.339 e. The number of benzene rings is 2. The van der Waals surface area contributed by atoms with E-state index in [0.29, 0.717) is 5.56 Å². The maximum Gasteiger partial charge on any atom is 0.339 e. The Morgan fingerprint density at radius 3 is 2.48 bits per heavy atom. The van der Waals surface area contributed by atoms with Crippen molar-refractivity contribution in [2.45, 2.75) is 12.5 Å². The Bertz CT molecular complexity index is 638. The fourth-order valence-corrected chi connectivity index (χ4v) is 2.15. The molecule has 21 heavy (non-hydrogen) atoms. The Hall–Kier alpha value is -2.04. The third-order valence-electron chi connectivity index (χ3n) is 3.09. The van der Waals surface area contributed by atoms with Crippen LogP contribution in [0.15, 0.2) is 48.5 Å². The van der Waals surface area contributed by atoms with Crippen molar-refractivity contribution in [3.8, 4) is 5.75 Å². The molecule has 0 aliphatic heterocycles. The van der Waals surface area contributed by atoms with Crippen LogP contribution in [0, 0.1) is 0 Å². The lowest BCUT2D eigenvalue weighted by atomic mass is 9.97. The molecule has 0 heterocycles. The van der Waals surface area contributed by atoms with E-state index in [1.165, 1.54) is 12.1 Å². The van der Waals surface area contributed by atoms with E-state index in [-0.39, 0.29) is 22.9 Å². The lowest BCUT2D eigenvalue weighted by Crippen LogP contribution is -2.29. The summed E-state index contributed by atoms with van der Waals surface area (Å²) in [6.07, 6.45) is 0. The number of ether oxygens (including phenoxy) is 1. The van der Waals surface area contributed by atoms with Gasteiger partial charge in [-0.25, -0.2) is 4.79 Å². The highest BCUT2D eigenvalue weighted by molar-refractivity contribution is 6.32. The molecule has 0 saturated carbocycles. The van der Waals surface area contributed by atoms with Gasteiger partial charge >= 0.3 is 5.97 Å². The number of carbonyl (C=O) groups is 1. The zero-order chi connectivity index (χ0) is 15.5. The zero-order valence-electron chi connectivity index (χ0n) is 11.4. The Kier molecular flexibility index (Phi) is 4.50. The number of rotatable bonds is 5. The van der Waals surface area contributed by atoms with Crippen molar-refractivity contribution >= 4 is 17.6 Å². The molecule has 2 aromatic carbocycles. The average Bonchev–Trinajstić information content (AvgIpc) is 2.46. The van der Waals surface area contributed by atoms with Crippen LogP contribution in [0.4, 0.5) is 0 Å². The van der Waals surface area contributed by atoms with Gasteiger partial charge in [0.05, 0.1) is 5.02 Å². The molecule has 0 amide bonds. The van der Waals surface area contributed by atoms with Crippen LogP contribution in [0.2, 0.25) is 5.02 Å². The van der Waals surface area contributed by atoms with Crippen LogP contribution in [0.3, 0.4) is 0 Å². The van der Waals surface area contributed by atoms with E-state index >= 15 is 0 Å². The van der Waals surface area contributed by atoms with Crippen LogP contribution >= 0.6 is 11.6 Å². The monoisotopic (exact) mass is 306 g/mol. The molecule has 2 rings (SSSR count). The third-order valence-corrected chi connectivity index (χ3v) is 3.39. The summed E-state index contributed by atoms with van der Waals surface area (Å²) < 4.78 is 5.49. The number of halogens is 1. The predicted molar refractivity (Wildman–Crippen MR) is 79.9 cm³/mol. The Balaban J connectivity index is 2.22. The molecule has 0 aromatic heterocycles. The van der Waals surface area contributed by atoms with Crippen molar-refractivity contribution < 1.29 is 19.7 Å². The summed E-state index contributed by atoms with van der Waals surface area (Å²) >= 11 is 5.98. The topological polar surface area (TPSA) is 66.8 Å². The van der Waals surface area contributed by atoms with E-state index in [0.717, 1.165) is 0 Å². The highest BCUT2D eigenvalue weighted by Gasteiger charge is 2.25. The van der Waals surface area contributed by atoms with Gasteiger partial charge in [-0.15, -0.1) is 0 Å². The van der Waals surface area contributed by atoms with Crippen molar-refractivity contribution in [2.24, 2.45) is 0 Å². The van der Waals surface area contributed by atoms with Crippen molar-refractivity contribution in [1.82, 2.24) is 0 Å². The molecule has 1 atom stereocenters. The third kappa shape index (κ3) is 3.54. The van der Waals surface area contributed by atoms with Crippen molar-refractivity contribution in [1.29, 1.82) is 0 Å². The maximum absolute atomic E-state index is 11.2. The van der Waals surface area contributed by atoms with E-state index < -0.39 is 11.6 Å². The summed E-state index contributed by atoms with van der Waals surface area (Å²) in [5.74, 6) is -1.07. The van der Waals surface area contributed by atoms with Crippen molar-refractivity contribution in [3.05, 3.63) is 64.7 Å². The average molecular weight is 307 g/mol. The first-order valence-corrected chi connectivity index (χ1v) is 6.72. The first-order valence-electron chi connectivity index (χ1n) is 6.34. The number of para-hydroxylation sites is 1. The molecule has 0 radical (unpaired) electrons. The van der Waals surface area contributed by atoms with Gasteiger partial charge in [0.25, 0.3) is 0 Å². The second kappa shape index (κ2) is 6.16. The van der Waals surface area contributed by atoms with E-state index in [1.54, 1.807) is 25.1 Å². The van der Waals surface area contributed by atoms with Gasteiger partial charge in [0, 0.05) is 0 Å². The van der Waals surface area contributed by atoms with Gasteiger partial charge in [0.2, 0.25) is 0 Å². The van der Waals surface area contributed by atoms with E-state index in [4.69, 9.17) is 21.4 Å². The second-order valence-corrected chi connectivity index (χ2v) is 5.26. The van der Waals surface area contributed by atoms with Crippen molar-refractivity contribution in [2.75, 3.05) is 6.61 Å². The molecular weight excluding hydrogens is 292 g/mol. The lowest BCUT2D eigenvalue weighted by molar-refractivity contribution is 0.00705. The summed E-state index contributed by atoms with van der Waals surface area (Å²) in [6.45, 7) is 1.49. The largest absolute Gasteiger partial charge is 0.488 e. The minimum Gasteiger partial charge on any atom is -0.488 e. The van der Waals surface area contributed by atoms with Crippen LogP contribution in [0.5, 0.6) is 5.75 Å². The van der Waals surface area contributed by atoms with Gasteiger partial charge in [-0.05, 0) is 24.6 Å². The fourth-order valence-electron chi connectivity index (χ4n) is 1.92. The quantitative estimate of drug-likeness (QED) is 0.889. The molecule has 1 unspecified atom stereocenters. The Labute approximate surface area is 127 Å². The molecule has 0 fully saturated rings. The molecule has 110 valence electrons. The molecular formula is C16H15ClO4. The summed E-state index contributed by atoms with van der Waals surface area (Å²) in [6, 6.07) is 13.5. The highest BCUT2D eigenvalue weighted by atomic mass is 35.5. The minimum absolute atomic E-state index is 0.0358. The van der Waals surface area contributed by atoms with Crippen LogP contribution in [0.1, 0.15) is 22.8 Å². The van der Waals surface area contributed by atoms with Crippen LogP contribution in [0.25, 0.3) is 0 Å². The van der Waals surface area contributed by atoms with Crippen LogP contribution in [-0.2, 0) is 5.60 Å². The van der Waals surface area contributed by atoms with Gasteiger partial charge in [-0.3, -0.25) is 0 Å². The number of carboxylic acid groups (broad SMARTS) is 1. The number of aliphatic hydroxyl groups is 1. The Morgan fingerprint density at radius 2 is 1.86 bits per heavy atom. The molecule has 0 spiro atoms. The van der Waals surface area contributed by atoms with Gasteiger partial charge in [0.1, 0.15) is 17.8 Å².